The Hall–Kier alpha value is -2.60. The Labute approximate surface area is 169 Å². The maximum atomic E-state index is 5.12. The fraction of sp³-hybridized carbons (Fsp3) is 0.318. The third-order valence-corrected chi connectivity index (χ3v) is 6.68. The van der Waals surface area contributed by atoms with Gasteiger partial charge in [-0.25, -0.2) is 0 Å². The maximum Gasteiger partial charge on any atom is 0.160 e. The average molecular weight is 390 g/mol. The molecule has 3 atom stereocenters. The SMILES string of the molecule is CCC1CSC2=NC(c3ccccn3)C(c3cccn3Cc3ccccn3)N21. The summed E-state index contributed by atoms with van der Waals surface area (Å²) >= 11 is 1.88. The zero-order valence-corrected chi connectivity index (χ0v) is 16.7. The molecule has 6 heteroatoms. The van der Waals surface area contributed by atoms with Crippen molar-refractivity contribution in [2.75, 3.05) is 5.75 Å². The van der Waals surface area contributed by atoms with Crippen LogP contribution in [0.2, 0.25) is 0 Å². The number of thioether (sulfide) groups is 1. The molecule has 2 aliphatic heterocycles. The molecule has 5 rings (SSSR count). The number of hydrogen-bond acceptors (Lipinski definition) is 5. The third kappa shape index (κ3) is 3.02. The first-order valence-corrected chi connectivity index (χ1v) is 10.8. The van der Waals surface area contributed by atoms with Crippen molar-refractivity contribution >= 4 is 16.9 Å². The number of amidine groups is 1. The molecule has 1 fully saturated rings. The van der Waals surface area contributed by atoms with Gasteiger partial charge in [0.2, 0.25) is 0 Å². The van der Waals surface area contributed by atoms with Gasteiger partial charge in [-0.3, -0.25) is 15.0 Å². The van der Waals surface area contributed by atoms with Crippen LogP contribution in [0.5, 0.6) is 0 Å². The molecule has 0 spiro atoms. The van der Waals surface area contributed by atoms with E-state index >= 15 is 0 Å². The van der Waals surface area contributed by atoms with Gasteiger partial charge < -0.3 is 9.47 Å². The summed E-state index contributed by atoms with van der Waals surface area (Å²) in [6.07, 6.45) is 7.00. The van der Waals surface area contributed by atoms with Crippen molar-refractivity contribution in [1.82, 2.24) is 19.4 Å². The lowest BCUT2D eigenvalue weighted by Gasteiger charge is -2.32. The minimum absolute atomic E-state index is 0.0235. The van der Waals surface area contributed by atoms with Crippen molar-refractivity contribution in [2.45, 2.75) is 38.0 Å². The predicted molar refractivity (Wildman–Crippen MR) is 113 cm³/mol. The zero-order valence-electron chi connectivity index (χ0n) is 15.8. The molecule has 5 nitrogen and oxygen atoms in total. The molecule has 28 heavy (non-hydrogen) atoms. The van der Waals surface area contributed by atoms with Crippen LogP contribution in [0.3, 0.4) is 0 Å². The number of nitrogens with zero attached hydrogens (tertiary/aromatic N) is 5. The van der Waals surface area contributed by atoms with E-state index in [2.05, 4.69) is 62.9 Å². The monoisotopic (exact) mass is 389 g/mol. The minimum atomic E-state index is 0.0235. The van der Waals surface area contributed by atoms with Gasteiger partial charge >= 0.3 is 0 Å². The van der Waals surface area contributed by atoms with E-state index in [4.69, 9.17) is 4.99 Å². The van der Waals surface area contributed by atoms with Gasteiger partial charge in [0, 0.05) is 36.1 Å². The van der Waals surface area contributed by atoms with E-state index in [1.54, 1.807) is 0 Å². The summed E-state index contributed by atoms with van der Waals surface area (Å²) in [5.41, 5.74) is 3.38. The number of rotatable bonds is 5. The van der Waals surface area contributed by atoms with Crippen LogP contribution in [0.1, 0.15) is 42.5 Å². The Morgan fingerprint density at radius 1 is 1.04 bits per heavy atom. The van der Waals surface area contributed by atoms with Crippen molar-refractivity contribution in [1.29, 1.82) is 0 Å². The van der Waals surface area contributed by atoms with Gasteiger partial charge in [-0.05, 0) is 42.8 Å². The van der Waals surface area contributed by atoms with E-state index in [-0.39, 0.29) is 12.1 Å². The Morgan fingerprint density at radius 3 is 2.64 bits per heavy atom. The number of pyridine rings is 2. The second-order valence-corrected chi connectivity index (χ2v) is 8.21. The van der Waals surface area contributed by atoms with Gasteiger partial charge in [0.05, 0.1) is 24.0 Å². The third-order valence-electron chi connectivity index (χ3n) is 5.56. The molecule has 0 N–H and O–H groups in total. The number of aromatic nitrogens is 3. The molecule has 5 heterocycles. The van der Waals surface area contributed by atoms with Gasteiger partial charge in [-0.2, -0.15) is 0 Å². The molecular weight excluding hydrogens is 366 g/mol. The van der Waals surface area contributed by atoms with Crippen LogP contribution in [0, 0.1) is 0 Å². The second-order valence-electron chi connectivity index (χ2n) is 7.22. The number of hydrogen-bond donors (Lipinski definition) is 0. The zero-order chi connectivity index (χ0) is 18.9. The summed E-state index contributed by atoms with van der Waals surface area (Å²) in [6, 6.07) is 17.3. The molecule has 0 amide bonds. The van der Waals surface area contributed by atoms with Gasteiger partial charge in [0.1, 0.15) is 6.04 Å². The summed E-state index contributed by atoms with van der Waals surface area (Å²) in [6.45, 7) is 3.04. The standard InChI is InChI=1S/C22H23N5S/c1-2-17-15-28-22-25-20(18-9-4-6-12-24-18)21(27(17)22)19-10-7-13-26(19)14-16-8-3-5-11-23-16/h3-13,17,20-21H,2,14-15H2,1H3. The van der Waals surface area contributed by atoms with Crippen molar-refractivity contribution in [3.05, 3.63) is 84.2 Å². The molecule has 0 aromatic carbocycles. The fourth-order valence-corrected chi connectivity index (χ4v) is 5.51. The maximum absolute atomic E-state index is 5.12. The predicted octanol–water partition coefficient (Wildman–Crippen LogP) is 4.31. The molecule has 3 aromatic heterocycles. The highest BCUT2D eigenvalue weighted by atomic mass is 32.2. The molecule has 0 bridgehead atoms. The normalized spacial score (nSPS) is 23.7. The van der Waals surface area contributed by atoms with Crippen LogP contribution in [-0.2, 0) is 6.54 Å². The van der Waals surface area contributed by atoms with Crippen LogP contribution in [0.15, 0.2) is 72.1 Å². The molecule has 0 saturated carbocycles. The van der Waals surface area contributed by atoms with Gasteiger partial charge in [-0.15, -0.1) is 0 Å². The lowest BCUT2D eigenvalue weighted by atomic mass is 9.99. The molecule has 3 unspecified atom stereocenters. The first kappa shape index (κ1) is 17.5. The Bertz CT molecular complexity index is 969. The second kappa shape index (κ2) is 7.43. The first-order valence-electron chi connectivity index (χ1n) is 9.80. The smallest absolute Gasteiger partial charge is 0.160 e. The summed E-state index contributed by atoms with van der Waals surface area (Å²) in [7, 11) is 0. The van der Waals surface area contributed by atoms with Crippen molar-refractivity contribution < 1.29 is 0 Å². The Kier molecular flexibility index (Phi) is 4.64. The van der Waals surface area contributed by atoms with Crippen LogP contribution >= 0.6 is 11.8 Å². The van der Waals surface area contributed by atoms with Crippen molar-refractivity contribution in [3.8, 4) is 0 Å². The molecule has 0 aliphatic carbocycles. The summed E-state index contributed by atoms with van der Waals surface area (Å²) in [5, 5.41) is 1.16. The fourth-order valence-electron chi connectivity index (χ4n) is 4.18. The van der Waals surface area contributed by atoms with E-state index in [1.165, 1.54) is 5.69 Å². The first-order chi connectivity index (χ1) is 13.8. The lowest BCUT2D eigenvalue weighted by Crippen LogP contribution is -2.36. The topological polar surface area (TPSA) is 46.3 Å². The highest BCUT2D eigenvalue weighted by Crippen LogP contribution is 2.48. The molecule has 0 radical (unpaired) electrons. The lowest BCUT2D eigenvalue weighted by molar-refractivity contribution is 0.246. The van der Waals surface area contributed by atoms with Crippen molar-refractivity contribution in [3.63, 3.8) is 0 Å². The summed E-state index contributed by atoms with van der Waals surface area (Å²) < 4.78 is 2.32. The van der Waals surface area contributed by atoms with Crippen LogP contribution in [0.25, 0.3) is 0 Å². The van der Waals surface area contributed by atoms with Crippen LogP contribution < -0.4 is 0 Å². The Morgan fingerprint density at radius 2 is 1.89 bits per heavy atom. The quantitative estimate of drug-likeness (QED) is 0.652. The van der Waals surface area contributed by atoms with E-state index in [1.807, 2.05) is 42.4 Å². The molecule has 1 saturated heterocycles. The molecule has 3 aromatic rings. The summed E-state index contributed by atoms with van der Waals surface area (Å²) in [5.74, 6) is 1.11. The number of aliphatic imine (C=N–C) groups is 1. The van der Waals surface area contributed by atoms with Gasteiger partial charge in [0.25, 0.3) is 0 Å². The average Bonchev–Trinajstić information content (AvgIpc) is 3.44. The molecule has 2 aliphatic rings. The van der Waals surface area contributed by atoms with E-state index < -0.39 is 0 Å². The van der Waals surface area contributed by atoms with Gasteiger partial charge in [0.15, 0.2) is 5.17 Å². The van der Waals surface area contributed by atoms with E-state index in [9.17, 15) is 0 Å². The van der Waals surface area contributed by atoms with Gasteiger partial charge in [-0.1, -0.05) is 30.8 Å². The highest BCUT2D eigenvalue weighted by molar-refractivity contribution is 8.14. The minimum Gasteiger partial charge on any atom is -0.344 e. The highest BCUT2D eigenvalue weighted by Gasteiger charge is 2.46. The summed E-state index contributed by atoms with van der Waals surface area (Å²) in [4.78, 5) is 16.8. The number of fused-ring (bicyclic) bond motifs is 1. The largest absolute Gasteiger partial charge is 0.344 e. The van der Waals surface area contributed by atoms with Crippen molar-refractivity contribution in [2.24, 2.45) is 4.99 Å². The Balaban J connectivity index is 1.55. The molecule has 142 valence electrons. The van der Waals surface area contributed by atoms with E-state index in [0.29, 0.717) is 6.04 Å². The van der Waals surface area contributed by atoms with Crippen LogP contribution in [0.4, 0.5) is 0 Å². The van der Waals surface area contributed by atoms with Crippen LogP contribution in [-0.4, -0.2) is 36.4 Å². The van der Waals surface area contributed by atoms with E-state index in [0.717, 1.165) is 35.3 Å². The molecular formula is C22H23N5S.